The molecule has 0 saturated heterocycles. The van der Waals surface area contributed by atoms with Gasteiger partial charge in [0.05, 0.1) is 27.7 Å². The van der Waals surface area contributed by atoms with Gasteiger partial charge in [0.1, 0.15) is 19.8 Å². The Labute approximate surface area is 375 Å². The van der Waals surface area contributed by atoms with E-state index in [1.165, 1.54) is 135 Å². The first-order valence-corrected chi connectivity index (χ1v) is 26.4. The van der Waals surface area contributed by atoms with Crippen LogP contribution in [0.1, 0.15) is 213 Å². The predicted molar refractivity (Wildman–Crippen MR) is 257 cm³/mol. The fourth-order valence-electron chi connectivity index (χ4n) is 6.71. The molecule has 0 aromatic heterocycles. The van der Waals surface area contributed by atoms with Crippen LogP contribution in [0.25, 0.3) is 0 Å². The van der Waals surface area contributed by atoms with E-state index in [9.17, 15) is 19.0 Å². The first-order valence-electron chi connectivity index (χ1n) is 24.9. The number of likely N-dealkylation sites (N-methyl/N-ethyl adjacent to an activating group) is 1. The van der Waals surface area contributed by atoms with E-state index >= 15 is 0 Å². The quantitative estimate of drug-likeness (QED) is 0.0212. The van der Waals surface area contributed by atoms with E-state index in [0.29, 0.717) is 23.9 Å². The number of unbranched alkanes of at least 4 members (excludes halogenated alkanes) is 23. The van der Waals surface area contributed by atoms with Gasteiger partial charge in [-0.25, -0.2) is 4.57 Å². The van der Waals surface area contributed by atoms with E-state index in [1.807, 2.05) is 21.1 Å². The molecule has 356 valence electrons. The van der Waals surface area contributed by atoms with Crippen LogP contribution >= 0.6 is 7.82 Å². The molecule has 0 aromatic rings. The molecule has 0 aliphatic rings. The largest absolute Gasteiger partial charge is 0.472 e. The summed E-state index contributed by atoms with van der Waals surface area (Å²) in [4.78, 5) is 35.5. The molecule has 9 nitrogen and oxygen atoms in total. The molecule has 0 aromatic carbocycles. The van der Waals surface area contributed by atoms with Crippen LogP contribution in [0.15, 0.2) is 48.6 Å². The topological polar surface area (TPSA) is 108 Å². The zero-order valence-corrected chi connectivity index (χ0v) is 41.0. The fourth-order valence-corrected chi connectivity index (χ4v) is 7.45. The Morgan fingerprint density at radius 1 is 0.508 bits per heavy atom. The maximum absolute atomic E-state index is 12.7. The lowest BCUT2D eigenvalue weighted by Gasteiger charge is -2.24. The summed E-state index contributed by atoms with van der Waals surface area (Å²) in [6.45, 7) is 4.38. The molecule has 0 radical (unpaired) electrons. The van der Waals surface area contributed by atoms with Crippen LogP contribution in [0.3, 0.4) is 0 Å². The highest BCUT2D eigenvalue weighted by molar-refractivity contribution is 7.47. The molecule has 0 saturated carbocycles. The van der Waals surface area contributed by atoms with Gasteiger partial charge in [-0.2, -0.15) is 0 Å². The Morgan fingerprint density at radius 2 is 0.902 bits per heavy atom. The van der Waals surface area contributed by atoms with Gasteiger partial charge in [0, 0.05) is 12.8 Å². The fraction of sp³-hybridized carbons (Fsp3) is 0.804. The van der Waals surface area contributed by atoms with Crippen LogP contribution in [0, 0.1) is 0 Å². The third kappa shape index (κ3) is 47.3. The molecule has 0 bridgehead atoms. The summed E-state index contributed by atoms with van der Waals surface area (Å²) < 4.78 is 34.3. The average molecular weight is 881 g/mol. The Balaban J connectivity index is 4.36. The number of phosphoric acid groups is 1. The van der Waals surface area contributed by atoms with E-state index in [-0.39, 0.29) is 26.1 Å². The first-order chi connectivity index (χ1) is 29.5. The van der Waals surface area contributed by atoms with E-state index in [1.54, 1.807) is 0 Å². The third-order valence-corrected chi connectivity index (χ3v) is 11.6. The summed E-state index contributed by atoms with van der Waals surface area (Å²) in [6, 6.07) is 0. The van der Waals surface area contributed by atoms with Crippen LogP contribution in [0.4, 0.5) is 0 Å². The number of quaternary nitrogens is 1. The van der Waals surface area contributed by atoms with Crippen molar-refractivity contribution in [3.05, 3.63) is 48.6 Å². The van der Waals surface area contributed by atoms with Gasteiger partial charge in [-0.3, -0.25) is 18.6 Å². The summed E-state index contributed by atoms with van der Waals surface area (Å²) in [6.07, 6.45) is 51.7. The van der Waals surface area contributed by atoms with Crippen molar-refractivity contribution in [1.29, 1.82) is 0 Å². The molecule has 2 atom stereocenters. The minimum atomic E-state index is -4.39. The van der Waals surface area contributed by atoms with Crippen molar-refractivity contribution in [2.75, 3.05) is 47.5 Å². The second-order valence-electron chi connectivity index (χ2n) is 17.9. The minimum Gasteiger partial charge on any atom is -0.462 e. The number of carbonyl (C=O) groups is 2. The molecule has 10 heteroatoms. The smallest absolute Gasteiger partial charge is 0.462 e. The highest BCUT2D eigenvalue weighted by Crippen LogP contribution is 2.43. The monoisotopic (exact) mass is 881 g/mol. The van der Waals surface area contributed by atoms with Crippen LogP contribution < -0.4 is 0 Å². The van der Waals surface area contributed by atoms with Gasteiger partial charge in [-0.15, -0.1) is 0 Å². The number of phosphoric ester groups is 1. The Kier molecular flexibility index (Phi) is 41.8. The standard InChI is InChI=1S/C51H94NO8P/c1-6-8-10-12-14-16-18-20-22-24-25-26-27-28-30-31-33-35-37-39-41-43-50(53)57-47-49(48-59-61(55,56)58-46-45-52(3,4)5)60-51(54)44-42-40-38-36-34-32-29-23-21-19-17-15-13-11-9-7-2/h22,24,26-27,30-31,35,37,49H,6-21,23,25,28-29,32-34,36,38-48H2,1-5H3/p+1/b24-22+,27-26+,31-30+,37-35+/t49-/m0/s1. The molecule has 0 rings (SSSR count). The number of hydrogen-bond donors (Lipinski definition) is 1. The SMILES string of the molecule is CCCCCCCCC/C=C/C/C=C/C/C=C/C/C=C/CCCC(=O)OC[C@@H](COP(=O)(O)OCC[N+](C)(C)C)OC(=O)CCCCCCCCCCCCCCCCCC. The lowest BCUT2D eigenvalue weighted by Crippen LogP contribution is -2.37. The zero-order chi connectivity index (χ0) is 45.0. The minimum absolute atomic E-state index is 0.0234. The molecule has 61 heavy (non-hydrogen) atoms. The second kappa shape index (κ2) is 43.2. The summed E-state index contributed by atoms with van der Waals surface area (Å²) in [5.41, 5.74) is 0. The highest BCUT2D eigenvalue weighted by Gasteiger charge is 2.27. The van der Waals surface area contributed by atoms with Crippen molar-refractivity contribution < 1.29 is 42.1 Å². The van der Waals surface area contributed by atoms with Crippen molar-refractivity contribution in [2.45, 2.75) is 219 Å². The van der Waals surface area contributed by atoms with E-state index in [4.69, 9.17) is 18.5 Å². The summed E-state index contributed by atoms with van der Waals surface area (Å²) in [5, 5.41) is 0. The zero-order valence-electron chi connectivity index (χ0n) is 40.1. The molecule has 0 amide bonds. The number of hydrogen-bond acceptors (Lipinski definition) is 7. The number of nitrogens with zero attached hydrogens (tertiary/aromatic N) is 1. The van der Waals surface area contributed by atoms with E-state index in [2.05, 4.69) is 62.5 Å². The Bertz CT molecular complexity index is 1180. The number of rotatable bonds is 45. The van der Waals surface area contributed by atoms with Crippen LogP contribution in [-0.2, 0) is 32.7 Å². The first kappa shape index (κ1) is 59.0. The van der Waals surface area contributed by atoms with Crippen molar-refractivity contribution in [3.8, 4) is 0 Å². The maximum atomic E-state index is 12.7. The molecule has 0 heterocycles. The third-order valence-electron chi connectivity index (χ3n) is 10.6. The Morgan fingerprint density at radius 3 is 1.36 bits per heavy atom. The lowest BCUT2D eigenvalue weighted by atomic mass is 10.0. The van der Waals surface area contributed by atoms with Gasteiger partial charge < -0.3 is 18.9 Å². The van der Waals surface area contributed by atoms with E-state index in [0.717, 1.165) is 38.5 Å². The maximum Gasteiger partial charge on any atom is 0.472 e. The summed E-state index contributed by atoms with van der Waals surface area (Å²) in [5.74, 6) is -0.858. The van der Waals surface area contributed by atoms with Gasteiger partial charge in [-0.05, 0) is 51.4 Å². The van der Waals surface area contributed by atoms with Crippen LogP contribution in [0.5, 0.6) is 0 Å². The summed E-state index contributed by atoms with van der Waals surface area (Å²) >= 11 is 0. The van der Waals surface area contributed by atoms with Crippen molar-refractivity contribution in [2.24, 2.45) is 0 Å². The van der Waals surface area contributed by atoms with E-state index < -0.39 is 32.5 Å². The molecule has 1 N–H and O–H groups in total. The van der Waals surface area contributed by atoms with Crippen molar-refractivity contribution in [1.82, 2.24) is 0 Å². The molecule has 1 unspecified atom stereocenters. The lowest BCUT2D eigenvalue weighted by molar-refractivity contribution is -0.870. The van der Waals surface area contributed by atoms with Crippen molar-refractivity contribution in [3.63, 3.8) is 0 Å². The second-order valence-corrected chi connectivity index (χ2v) is 19.3. The molecule has 0 aliphatic heterocycles. The van der Waals surface area contributed by atoms with Gasteiger partial charge in [0.25, 0.3) is 0 Å². The molecule has 0 spiro atoms. The van der Waals surface area contributed by atoms with Gasteiger partial charge in [-0.1, -0.05) is 197 Å². The molecular formula is C51H95NO8P+. The molecular weight excluding hydrogens is 786 g/mol. The average Bonchev–Trinajstić information content (AvgIpc) is 3.21. The molecule has 0 aliphatic carbocycles. The van der Waals surface area contributed by atoms with Gasteiger partial charge in [0.15, 0.2) is 6.10 Å². The summed E-state index contributed by atoms with van der Waals surface area (Å²) in [7, 11) is 1.45. The van der Waals surface area contributed by atoms with Gasteiger partial charge in [0.2, 0.25) is 0 Å². The Hall–Kier alpha value is -2.03. The van der Waals surface area contributed by atoms with Crippen LogP contribution in [-0.4, -0.2) is 74.9 Å². The highest BCUT2D eigenvalue weighted by atomic mass is 31.2. The number of allylic oxidation sites excluding steroid dienone is 8. The predicted octanol–water partition coefficient (Wildman–Crippen LogP) is 14.6. The van der Waals surface area contributed by atoms with Gasteiger partial charge >= 0.3 is 19.8 Å². The number of ether oxygens (including phenoxy) is 2. The normalized spacial score (nSPS) is 13.9. The number of esters is 2. The van der Waals surface area contributed by atoms with Crippen molar-refractivity contribution >= 4 is 19.8 Å². The molecule has 0 fully saturated rings. The van der Waals surface area contributed by atoms with Crippen LogP contribution in [0.2, 0.25) is 0 Å². The number of carbonyl (C=O) groups excluding carboxylic acids is 2.